The van der Waals surface area contributed by atoms with E-state index in [2.05, 4.69) is 4.99 Å². The molecule has 0 spiro atoms. The van der Waals surface area contributed by atoms with Crippen molar-refractivity contribution in [3.8, 4) is 0 Å². The lowest BCUT2D eigenvalue weighted by Crippen LogP contribution is -2.32. The predicted octanol–water partition coefficient (Wildman–Crippen LogP) is 2.09. The van der Waals surface area contributed by atoms with Crippen molar-refractivity contribution in [1.82, 2.24) is 0 Å². The zero-order valence-corrected chi connectivity index (χ0v) is 9.41. The van der Waals surface area contributed by atoms with Crippen molar-refractivity contribution in [3.63, 3.8) is 0 Å². The van der Waals surface area contributed by atoms with E-state index in [9.17, 15) is 13.6 Å². The van der Waals surface area contributed by atoms with Crippen LogP contribution < -0.4 is 0 Å². The molecule has 0 bridgehead atoms. The average molecular weight is 239 g/mol. The molecular weight excluding hydrogens is 228 g/mol. The SMILES string of the molecule is CC1(C)N=C(c2c(F)cccc2F)OC1C=O. The minimum atomic E-state index is -0.823. The summed E-state index contributed by atoms with van der Waals surface area (Å²) < 4.78 is 32.2. The van der Waals surface area contributed by atoms with Gasteiger partial charge in [0.1, 0.15) is 22.7 Å². The fraction of sp³-hybridized carbons (Fsp3) is 0.333. The Hall–Kier alpha value is -1.78. The summed E-state index contributed by atoms with van der Waals surface area (Å²) in [5.74, 6) is -1.68. The van der Waals surface area contributed by atoms with Crippen LogP contribution in [0.5, 0.6) is 0 Å². The van der Waals surface area contributed by atoms with Gasteiger partial charge < -0.3 is 4.74 Å². The van der Waals surface area contributed by atoms with Crippen LogP contribution >= 0.6 is 0 Å². The summed E-state index contributed by atoms with van der Waals surface area (Å²) in [6, 6.07) is 3.49. The second-order valence-corrected chi connectivity index (χ2v) is 4.34. The molecule has 1 aliphatic rings. The molecule has 17 heavy (non-hydrogen) atoms. The summed E-state index contributed by atoms with van der Waals surface area (Å²) in [6.45, 7) is 3.33. The number of nitrogens with zero attached hydrogens (tertiary/aromatic N) is 1. The molecule has 1 atom stereocenters. The van der Waals surface area contributed by atoms with Crippen LogP contribution in [-0.2, 0) is 9.53 Å². The van der Waals surface area contributed by atoms with Crippen LogP contribution in [0.1, 0.15) is 19.4 Å². The van der Waals surface area contributed by atoms with Crippen LogP contribution in [0.15, 0.2) is 23.2 Å². The number of hydrogen-bond acceptors (Lipinski definition) is 3. The predicted molar refractivity (Wildman–Crippen MR) is 57.9 cm³/mol. The first-order valence-corrected chi connectivity index (χ1v) is 5.12. The number of benzene rings is 1. The molecule has 0 saturated carbocycles. The zero-order chi connectivity index (χ0) is 12.6. The summed E-state index contributed by atoms with van der Waals surface area (Å²) >= 11 is 0. The molecule has 0 radical (unpaired) electrons. The number of carbonyl (C=O) groups excluding carboxylic acids is 1. The number of rotatable bonds is 2. The third-order valence-electron chi connectivity index (χ3n) is 2.62. The lowest BCUT2D eigenvalue weighted by molar-refractivity contribution is -0.115. The van der Waals surface area contributed by atoms with Gasteiger partial charge in [-0.3, -0.25) is 4.79 Å². The highest BCUT2D eigenvalue weighted by molar-refractivity contribution is 5.97. The van der Waals surface area contributed by atoms with Crippen molar-refractivity contribution in [2.45, 2.75) is 25.5 Å². The van der Waals surface area contributed by atoms with Crippen LogP contribution in [0.3, 0.4) is 0 Å². The molecule has 5 heteroatoms. The summed E-state index contributed by atoms with van der Waals surface area (Å²) in [7, 11) is 0. The molecule has 0 N–H and O–H groups in total. The topological polar surface area (TPSA) is 38.7 Å². The van der Waals surface area contributed by atoms with E-state index in [-0.39, 0.29) is 11.5 Å². The Morgan fingerprint density at radius 2 is 1.94 bits per heavy atom. The molecule has 0 amide bonds. The number of hydrogen-bond donors (Lipinski definition) is 0. The number of aldehydes is 1. The van der Waals surface area contributed by atoms with Crippen LogP contribution in [0, 0.1) is 11.6 Å². The van der Waals surface area contributed by atoms with E-state index in [1.165, 1.54) is 6.07 Å². The Bertz CT molecular complexity index is 477. The number of halogens is 2. The number of carbonyl (C=O) groups is 1. The van der Waals surface area contributed by atoms with Crippen LogP contribution in [-0.4, -0.2) is 23.8 Å². The van der Waals surface area contributed by atoms with Gasteiger partial charge >= 0.3 is 0 Å². The third kappa shape index (κ3) is 1.92. The van der Waals surface area contributed by atoms with Crippen molar-refractivity contribution >= 4 is 12.2 Å². The quantitative estimate of drug-likeness (QED) is 0.741. The van der Waals surface area contributed by atoms with Gasteiger partial charge in [0.15, 0.2) is 12.4 Å². The summed E-state index contributed by atoms with van der Waals surface area (Å²) in [4.78, 5) is 14.8. The second kappa shape index (κ2) is 3.91. The minimum Gasteiger partial charge on any atom is -0.464 e. The normalized spacial score (nSPS) is 21.9. The van der Waals surface area contributed by atoms with Gasteiger partial charge in [-0.05, 0) is 26.0 Å². The van der Waals surface area contributed by atoms with Crippen LogP contribution in [0.25, 0.3) is 0 Å². The Morgan fingerprint density at radius 1 is 1.35 bits per heavy atom. The van der Waals surface area contributed by atoms with Crippen molar-refractivity contribution in [2.75, 3.05) is 0 Å². The third-order valence-corrected chi connectivity index (χ3v) is 2.62. The molecule has 1 unspecified atom stereocenters. The standard InChI is InChI=1S/C12H11F2NO2/c1-12(2)9(6-16)17-11(15-12)10-7(13)4-3-5-8(10)14/h3-6,9H,1-2H3. The Morgan fingerprint density at radius 3 is 2.41 bits per heavy atom. The van der Waals surface area contributed by atoms with Crippen LogP contribution in [0.2, 0.25) is 0 Å². The van der Waals surface area contributed by atoms with E-state index in [0.717, 1.165) is 12.1 Å². The fourth-order valence-electron chi connectivity index (χ4n) is 1.63. The maximum Gasteiger partial charge on any atom is 0.223 e. The van der Waals surface area contributed by atoms with E-state index in [1.807, 2.05) is 0 Å². The Balaban J connectivity index is 2.47. The molecule has 2 rings (SSSR count). The van der Waals surface area contributed by atoms with Gasteiger partial charge in [0.05, 0.1) is 0 Å². The monoisotopic (exact) mass is 239 g/mol. The fourth-order valence-corrected chi connectivity index (χ4v) is 1.63. The number of ether oxygens (including phenoxy) is 1. The molecule has 0 fully saturated rings. The molecule has 0 saturated heterocycles. The largest absolute Gasteiger partial charge is 0.464 e. The molecule has 90 valence electrons. The lowest BCUT2D eigenvalue weighted by Gasteiger charge is -2.16. The summed E-state index contributed by atoms with van der Waals surface area (Å²) in [5, 5.41) is 0. The van der Waals surface area contributed by atoms with Crippen molar-refractivity contribution < 1.29 is 18.3 Å². The van der Waals surface area contributed by atoms with Gasteiger partial charge in [0.2, 0.25) is 5.90 Å². The van der Waals surface area contributed by atoms with Gasteiger partial charge in [-0.2, -0.15) is 0 Å². The van der Waals surface area contributed by atoms with Gasteiger partial charge in [-0.15, -0.1) is 0 Å². The highest BCUT2D eigenvalue weighted by Crippen LogP contribution is 2.28. The number of aliphatic imine (C=N–C) groups is 1. The van der Waals surface area contributed by atoms with E-state index >= 15 is 0 Å². The van der Waals surface area contributed by atoms with Gasteiger partial charge in [0.25, 0.3) is 0 Å². The van der Waals surface area contributed by atoms with E-state index in [1.54, 1.807) is 13.8 Å². The molecule has 0 aromatic heterocycles. The van der Waals surface area contributed by atoms with E-state index in [4.69, 9.17) is 4.74 Å². The lowest BCUT2D eigenvalue weighted by atomic mass is 10.0. The molecule has 3 nitrogen and oxygen atoms in total. The molecule has 1 heterocycles. The second-order valence-electron chi connectivity index (χ2n) is 4.34. The first-order valence-electron chi connectivity index (χ1n) is 5.12. The molecule has 1 aliphatic heterocycles. The summed E-state index contributed by atoms with van der Waals surface area (Å²) in [5.41, 5.74) is -1.14. The first kappa shape index (κ1) is 11.7. The average Bonchev–Trinajstić information content (AvgIpc) is 2.53. The zero-order valence-electron chi connectivity index (χ0n) is 9.41. The smallest absolute Gasteiger partial charge is 0.223 e. The minimum absolute atomic E-state index is 0.164. The van der Waals surface area contributed by atoms with E-state index < -0.39 is 23.3 Å². The van der Waals surface area contributed by atoms with Crippen molar-refractivity contribution in [1.29, 1.82) is 0 Å². The highest BCUT2D eigenvalue weighted by atomic mass is 19.1. The Kier molecular flexibility index (Phi) is 2.69. The molecule has 0 aliphatic carbocycles. The van der Waals surface area contributed by atoms with Crippen molar-refractivity contribution in [2.24, 2.45) is 4.99 Å². The maximum atomic E-state index is 13.5. The highest BCUT2D eigenvalue weighted by Gasteiger charge is 2.39. The summed E-state index contributed by atoms with van der Waals surface area (Å²) in [6.07, 6.45) is -0.244. The van der Waals surface area contributed by atoms with Gasteiger partial charge in [0, 0.05) is 0 Å². The molecule has 1 aromatic rings. The maximum absolute atomic E-state index is 13.5. The van der Waals surface area contributed by atoms with Gasteiger partial charge in [-0.25, -0.2) is 13.8 Å². The van der Waals surface area contributed by atoms with Crippen molar-refractivity contribution in [3.05, 3.63) is 35.4 Å². The Labute approximate surface area is 97.1 Å². The van der Waals surface area contributed by atoms with Gasteiger partial charge in [-0.1, -0.05) is 6.07 Å². The first-order chi connectivity index (χ1) is 7.95. The van der Waals surface area contributed by atoms with Crippen LogP contribution in [0.4, 0.5) is 8.78 Å². The molecule has 1 aromatic carbocycles. The molecular formula is C12H11F2NO2. The van der Waals surface area contributed by atoms with E-state index in [0.29, 0.717) is 6.29 Å².